The van der Waals surface area contributed by atoms with Gasteiger partial charge in [0, 0.05) is 22.4 Å². The van der Waals surface area contributed by atoms with Gasteiger partial charge >= 0.3 is 0 Å². The average Bonchev–Trinajstić information content (AvgIpc) is 3.30. The van der Waals surface area contributed by atoms with E-state index < -0.39 is 0 Å². The van der Waals surface area contributed by atoms with Crippen molar-refractivity contribution in [3.05, 3.63) is 63.6 Å². The summed E-state index contributed by atoms with van der Waals surface area (Å²) in [5, 5.41) is 1.07. The van der Waals surface area contributed by atoms with Crippen LogP contribution in [0.3, 0.4) is 0 Å². The second-order valence-electron chi connectivity index (χ2n) is 8.06. The summed E-state index contributed by atoms with van der Waals surface area (Å²) in [5.74, 6) is 0.958. The molecule has 4 atom stereocenters. The van der Waals surface area contributed by atoms with Gasteiger partial charge < -0.3 is 5.73 Å². The van der Waals surface area contributed by atoms with Crippen LogP contribution in [0.2, 0.25) is 10.0 Å². The van der Waals surface area contributed by atoms with Gasteiger partial charge in [-0.15, -0.1) is 0 Å². The number of primary amides is 1. The molecule has 2 aliphatic rings. The van der Waals surface area contributed by atoms with E-state index in [0.717, 1.165) is 28.7 Å². The number of carbonyl (C=O) groups excluding carboxylic acids is 1. The number of aliphatic imine (C=N–C) groups is 2. The Morgan fingerprint density at radius 2 is 1.93 bits per heavy atom. The normalized spacial score (nSPS) is 23.4. The van der Waals surface area contributed by atoms with Crippen LogP contribution in [0.5, 0.6) is 0 Å². The number of hydrogen-bond donors (Lipinski definition) is 1. The molecule has 0 spiro atoms. The summed E-state index contributed by atoms with van der Waals surface area (Å²) in [6.45, 7) is 0. The molecule has 4 rings (SSSR count). The minimum absolute atomic E-state index is 0.162. The largest absolute Gasteiger partial charge is 0.370 e. The highest BCUT2D eigenvalue weighted by molar-refractivity contribution is 6.35. The molecule has 2 N–H and O–H groups in total. The van der Waals surface area contributed by atoms with Crippen LogP contribution in [0, 0.1) is 11.8 Å². The highest BCUT2D eigenvalue weighted by Crippen LogP contribution is 2.45. The van der Waals surface area contributed by atoms with Crippen LogP contribution in [-0.4, -0.2) is 18.0 Å². The van der Waals surface area contributed by atoms with Gasteiger partial charge in [0.25, 0.3) is 0 Å². The van der Waals surface area contributed by atoms with Crippen LogP contribution in [-0.2, 0) is 4.79 Å². The number of nitrogens with two attached hydrogens (primary N) is 1. The van der Waals surface area contributed by atoms with Crippen molar-refractivity contribution >= 4 is 40.8 Å². The number of hydrogen-bond acceptors (Lipinski definition) is 3. The second-order valence-corrected chi connectivity index (χ2v) is 8.91. The molecule has 4 unspecified atom stereocenters. The molecule has 4 nitrogen and oxygen atoms in total. The second kappa shape index (κ2) is 8.71. The van der Waals surface area contributed by atoms with Gasteiger partial charge in [-0.2, -0.15) is 4.99 Å². The molecule has 0 heterocycles. The van der Waals surface area contributed by atoms with Crippen LogP contribution in [0.1, 0.15) is 49.1 Å². The number of halogens is 2. The van der Waals surface area contributed by atoms with Crippen LogP contribution in [0.25, 0.3) is 0 Å². The average molecular weight is 428 g/mol. The molecular weight excluding hydrogens is 405 g/mol. The van der Waals surface area contributed by atoms with Crippen LogP contribution in [0.15, 0.2) is 52.4 Å². The maximum absolute atomic E-state index is 11.6. The van der Waals surface area contributed by atoms with E-state index in [1.807, 2.05) is 30.3 Å². The Morgan fingerprint density at radius 3 is 2.55 bits per heavy atom. The summed E-state index contributed by atoms with van der Waals surface area (Å²) in [7, 11) is 0. The van der Waals surface area contributed by atoms with Crippen molar-refractivity contribution in [1.82, 2.24) is 0 Å². The Bertz CT molecular complexity index is 967. The summed E-state index contributed by atoms with van der Waals surface area (Å²) in [4.78, 5) is 20.6. The highest BCUT2D eigenvalue weighted by Gasteiger charge is 2.39. The van der Waals surface area contributed by atoms with Gasteiger partial charge in [-0.3, -0.25) is 4.79 Å². The summed E-state index contributed by atoms with van der Waals surface area (Å²) >= 11 is 12.4. The maximum Gasteiger partial charge on any atom is 0.218 e. The number of benzene rings is 2. The number of amides is 1. The summed E-state index contributed by atoms with van der Waals surface area (Å²) in [6.07, 6.45) is 5.32. The fourth-order valence-electron chi connectivity index (χ4n) is 4.70. The van der Waals surface area contributed by atoms with E-state index in [-0.39, 0.29) is 18.2 Å². The molecule has 2 aliphatic carbocycles. The molecule has 0 radical (unpaired) electrons. The number of nitrogens with zero attached hydrogens (tertiary/aromatic N) is 2. The number of carbonyl (C=O) groups is 1. The van der Waals surface area contributed by atoms with Crippen molar-refractivity contribution < 1.29 is 4.79 Å². The lowest BCUT2D eigenvalue weighted by Crippen LogP contribution is -2.16. The lowest BCUT2D eigenvalue weighted by atomic mass is 9.88. The summed E-state index contributed by atoms with van der Waals surface area (Å²) < 4.78 is 0. The van der Waals surface area contributed by atoms with Crippen molar-refractivity contribution in [2.24, 2.45) is 27.6 Å². The van der Waals surface area contributed by atoms with Gasteiger partial charge in [0.05, 0.1) is 17.7 Å². The first-order chi connectivity index (χ1) is 14.0. The van der Waals surface area contributed by atoms with Crippen LogP contribution in [0.4, 0.5) is 5.69 Å². The molecule has 2 bridgehead atoms. The Kier molecular flexibility index (Phi) is 6.05. The Labute approximate surface area is 180 Å². The van der Waals surface area contributed by atoms with Crippen LogP contribution >= 0.6 is 23.2 Å². The van der Waals surface area contributed by atoms with Crippen molar-refractivity contribution in [3.63, 3.8) is 0 Å². The highest BCUT2D eigenvalue weighted by atomic mass is 35.5. The molecule has 2 fully saturated rings. The van der Waals surface area contributed by atoms with Gasteiger partial charge in [-0.25, -0.2) is 4.99 Å². The third kappa shape index (κ3) is 4.72. The number of fused-ring (bicyclic) bond motifs is 2. The molecule has 2 aromatic carbocycles. The van der Waals surface area contributed by atoms with Crippen molar-refractivity contribution in [1.29, 1.82) is 0 Å². The zero-order valence-corrected chi connectivity index (χ0v) is 17.5. The van der Waals surface area contributed by atoms with Crippen molar-refractivity contribution in [3.8, 4) is 0 Å². The molecule has 0 saturated heterocycles. The molecule has 1 amide bonds. The first-order valence-electron chi connectivity index (χ1n) is 9.98. The van der Waals surface area contributed by atoms with Gasteiger partial charge in [0.1, 0.15) is 0 Å². The molecule has 6 heteroatoms. The molecule has 0 aromatic heterocycles. The molecule has 2 aromatic rings. The van der Waals surface area contributed by atoms with E-state index in [1.54, 1.807) is 12.1 Å². The van der Waals surface area contributed by atoms with Crippen LogP contribution < -0.4 is 5.73 Å². The van der Waals surface area contributed by atoms with Gasteiger partial charge in [0.15, 0.2) is 0 Å². The summed E-state index contributed by atoms with van der Waals surface area (Å²) in [5.41, 5.74) is 8.02. The van der Waals surface area contributed by atoms with E-state index in [1.165, 1.54) is 25.7 Å². The maximum atomic E-state index is 11.6. The van der Waals surface area contributed by atoms with E-state index in [2.05, 4.69) is 16.0 Å². The Hall–Kier alpha value is -2.13. The van der Waals surface area contributed by atoms with E-state index in [0.29, 0.717) is 16.1 Å². The fourth-order valence-corrected chi connectivity index (χ4v) is 5.24. The third-order valence-corrected chi connectivity index (χ3v) is 6.70. The Morgan fingerprint density at radius 1 is 1.14 bits per heavy atom. The SMILES string of the molecule is NC(=O)CC(c1ccc(N=C=NC2CC3CCC2C3)cc1)c1ccc(Cl)cc1Cl. The van der Waals surface area contributed by atoms with E-state index in [9.17, 15) is 4.79 Å². The first kappa shape index (κ1) is 20.2. The third-order valence-electron chi connectivity index (χ3n) is 6.14. The molecule has 0 aliphatic heterocycles. The number of rotatable bonds is 6. The molecule has 150 valence electrons. The minimum atomic E-state index is -0.388. The quantitative estimate of drug-likeness (QED) is 0.564. The van der Waals surface area contributed by atoms with Gasteiger partial charge in [-0.05, 0) is 66.5 Å². The monoisotopic (exact) mass is 427 g/mol. The van der Waals surface area contributed by atoms with E-state index in [4.69, 9.17) is 28.9 Å². The first-order valence-corrected chi connectivity index (χ1v) is 10.7. The molecular formula is C23H23Cl2N3O. The van der Waals surface area contributed by atoms with E-state index >= 15 is 0 Å². The lowest BCUT2D eigenvalue weighted by Gasteiger charge is -2.18. The minimum Gasteiger partial charge on any atom is -0.370 e. The van der Waals surface area contributed by atoms with Crippen molar-refractivity contribution in [2.75, 3.05) is 0 Å². The smallest absolute Gasteiger partial charge is 0.218 e. The molecule has 29 heavy (non-hydrogen) atoms. The molecule has 2 saturated carbocycles. The van der Waals surface area contributed by atoms with Crippen molar-refractivity contribution in [2.45, 2.75) is 44.1 Å². The summed E-state index contributed by atoms with van der Waals surface area (Å²) in [6, 6.07) is 16.3. The topological polar surface area (TPSA) is 67.8 Å². The zero-order valence-electron chi connectivity index (χ0n) is 16.0. The van der Waals surface area contributed by atoms with Gasteiger partial charge in [-0.1, -0.05) is 47.8 Å². The Balaban J connectivity index is 1.52. The van der Waals surface area contributed by atoms with Gasteiger partial charge in [0.2, 0.25) is 5.91 Å². The fraction of sp³-hybridized carbons (Fsp3) is 0.391. The predicted octanol–water partition coefficient (Wildman–Crippen LogP) is 5.99. The zero-order chi connectivity index (χ0) is 20.4. The predicted molar refractivity (Wildman–Crippen MR) is 117 cm³/mol. The standard InChI is InChI=1S/C23H23Cl2N3O/c24-17-5-8-19(21(25)11-17)20(12-23(26)29)15-3-6-18(7-4-15)27-13-28-22-10-14-1-2-16(22)9-14/h3-8,11,14,16,20,22H,1-2,9-10,12H2,(H2,26,29). The lowest BCUT2D eigenvalue weighted by molar-refractivity contribution is -0.118.